The summed E-state index contributed by atoms with van der Waals surface area (Å²) >= 11 is 0. The van der Waals surface area contributed by atoms with E-state index in [9.17, 15) is 13.2 Å². The standard InChI is InChI=1S/C19H20N6O3S/c1-12-20-21-17-7-8-18(22-25(12)17)23-10-13-9-14(11-23)24(13)19(26)15-5-3-4-6-16(15)29(2,27)28/h3-8,13-14H,9-11H2,1-2H3. The third kappa shape index (κ3) is 2.86. The number of carbonyl (C=O) groups excluding carboxylic acids is 1. The Morgan fingerprint density at radius 3 is 2.52 bits per heavy atom. The van der Waals surface area contributed by atoms with Crippen molar-refractivity contribution in [3.05, 3.63) is 47.8 Å². The molecule has 3 aliphatic heterocycles. The van der Waals surface area contributed by atoms with E-state index in [1.54, 1.807) is 22.7 Å². The number of sulfone groups is 1. The first kappa shape index (κ1) is 18.0. The van der Waals surface area contributed by atoms with Crippen LogP contribution >= 0.6 is 0 Å². The number of piperidine rings is 1. The Bertz CT molecular complexity index is 1230. The Labute approximate surface area is 167 Å². The molecule has 1 amide bonds. The van der Waals surface area contributed by atoms with Crippen molar-refractivity contribution >= 4 is 27.2 Å². The Morgan fingerprint density at radius 1 is 1.07 bits per heavy atom. The first-order valence-electron chi connectivity index (χ1n) is 9.38. The van der Waals surface area contributed by atoms with E-state index in [2.05, 4.69) is 20.2 Å². The molecule has 3 saturated heterocycles. The minimum atomic E-state index is -3.48. The number of aryl methyl sites for hydroxylation is 1. The first-order valence-corrected chi connectivity index (χ1v) is 11.3. The lowest BCUT2D eigenvalue weighted by Gasteiger charge is -2.56. The van der Waals surface area contributed by atoms with E-state index in [1.807, 2.05) is 24.0 Å². The first-order chi connectivity index (χ1) is 13.8. The molecule has 29 heavy (non-hydrogen) atoms. The molecule has 0 N–H and O–H groups in total. The summed E-state index contributed by atoms with van der Waals surface area (Å²) in [6.07, 6.45) is 2.05. The summed E-state index contributed by atoms with van der Waals surface area (Å²) in [5.74, 6) is 1.32. The van der Waals surface area contributed by atoms with E-state index in [-0.39, 0.29) is 28.4 Å². The maximum atomic E-state index is 13.1. The van der Waals surface area contributed by atoms with Crippen molar-refractivity contribution < 1.29 is 13.2 Å². The van der Waals surface area contributed by atoms with Gasteiger partial charge in [-0.05, 0) is 37.6 Å². The lowest BCUT2D eigenvalue weighted by atomic mass is 9.86. The molecule has 6 rings (SSSR count). The van der Waals surface area contributed by atoms with Gasteiger partial charge in [-0.15, -0.1) is 15.3 Å². The lowest BCUT2D eigenvalue weighted by Crippen LogP contribution is -2.70. The molecule has 2 atom stereocenters. The Hall–Kier alpha value is -3.01. The number of benzene rings is 1. The van der Waals surface area contributed by atoms with Gasteiger partial charge in [-0.3, -0.25) is 4.79 Å². The normalized spacial score (nSPS) is 21.3. The van der Waals surface area contributed by atoms with Crippen molar-refractivity contribution in [2.45, 2.75) is 30.3 Å². The molecular formula is C19H20N6O3S. The van der Waals surface area contributed by atoms with Crippen LogP contribution in [0.5, 0.6) is 0 Å². The zero-order valence-electron chi connectivity index (χ0n) is 16.1. The lowest BCUT2D eigenvalue weighted by molar-refractivity contribution is 0.00539. The van der Waals surface area contributed by atoms with Crippen molar-refractivity contribution in [1.29, 1.82) is 0 Å². The molecule has 0 radical (unpaired) electrons. The molecule has 9 nitrogen and oxygen atoms in total. The van der Waals surface area contributed by atoms with E-state index in [0.717, 1.165) is 24.3 Å². The van der Waals surface area contributed by atoms with Crippen LogP contribution in [-0.4, -0.2) is 70.5 Å². The molecule has 3 fully saturated rings. The summed E-state index contributed by atoms with van der Waals surface area (Å²) in [5, 5.41) is 12.7. The molecule has 10 heteroatoms. The number of rotatable bonds is 3. The van der Waals surface area contributed by atoms with Gasteiger partial charge in [-0.1, -0.05) is 12.1 Å². The quantitative estimate of drug-likeness (QED) is 0.631. The highest BCUT2D eigenvalue weighted by Gasteiger charge is 2.48. The smallest absolute Gasteiger partial charge is 0.255 e. The number of amides is 1. The van der Waals surface area contributed by atoms with E-state index < -0.39 is 9.84 Å². The summed E-state index contributed by atoms with van der Waals surface area (Å²) in [4.78, 5) is 17.2. The molecule has 5 heterocycles. The fourth-order valence-electron chi connectivity index (χ4n) is 4.29. The average molecular weight is 412 g/mol. The van der Waals surface area contributed by atoms with Gasteiger partial charge < -0.3 is 9.80 Å². The summed E-state index contributed by atoms with van der Waals surface area (Å²) in [6.45, 7) is 3.16. The second-order valence-corrected chi connectivity index (χ2v) is 9.62. The topological polar surface area (TPSA) is 101 Å². The number of anilines is 1. The number of fused-ring (bicyclic) bond motifs is 3. The summed E-state index contributed by atoms with van der Waals surface area (Å²) in [6, 6.07) is 10.3. The van der Waals surface area contributed by atoms with Gasteiger partial charge in [0.25, 0.3) is 5.91 Å². The highest BCUT2D eigenvalue weighted by molar-refractivity contribution is 7.90. The van der Waals surface area contributed by atoms with Crippen molar-refractivity contribution in [3.8, 4) is 0 Å². The predicted octanol–water partition coefficient (Wildman–Crippen LogP) is 0.940. The molecular weight excluding hydrogens is 392 g/mol. The van der Waals surface area contributed by atoms with E-state index in [1.165, 1.54) is 6.07 Å². The van der Waals surface area contributed by atoms with Crippen LogP contribution in [0, 0.1) is 6.92 Å². The number of hydrogen-bond acceptors (Lipinski definition) is 7. The fourth-order valence-corrected chi connectivity index (χ4v) is 5.17. The van der Waals surface area contributed by atoms with Gasteiger partial charge in [0.1, 0.15) is 5.82 Å². The molecule has 0 spiro atoms. The van der Waals surface area contributed by atoms with Crippen molar-refractivity contribution in [1.82, 2.24) is 24.7 Å². The highest BCUT2D eigenvalue weighted by Crippen LogP contribution is 2.36. The Balaban J connectivity index is 1.39. The molecule has 0 aliphatic carbocycles. The van der Waals surface area contributed by atoms with Crippen LogP contribution in [-0.2, 0) is 9.84 Å². The number of nitrogens with zero attached hydrogens (tertiary/aromatic N) is 6. The SMILES string of the molecule is Cc1nnc2ccc(N3CC4CC(C3)N4C(=O)c3ccccc3S(C)(=O)=O)nn12. The van der Waals surface area contributed by atoms with Crippen molar-refractivity contribution in [2.24, 2.45) is 0 Å². The molecule has 2 bridgehead atoms. The second kappa shape index (κ2) is 6.24. The molecule has 1 aromatic carbocycles. The largest absolute Gasteiger partial charge is 0.351 e. The monoisotopic (exact) mass is 412 g/mol. The van der Waals surface area contributed by atoms with Gasteiger partial charge in [-0.25, -0.2) is 8.42 Å². The number of piperazine rings is 1. The highest BCUT2D eigenvalue weighted by atomic mass is 32.2. The Morgan fingerprint density at radius 2 is 1.79 bits per heavy atom. The fraction of sp³-hybridized carbons (Fsp3) is 0.368. The third-order valence-electron chi connectivity index (χ3n) is 5.67. The zero-order valence-corrected chi connectivity index (χ0v) is 16.9. The van der Waals surface area contributed by atoms with Crippen LogP contribution in [0.2, 0.25) is 0 Å². The molecule has 150 valence electrons. The molecule has 2 aromatic heterocycles. The minimum Gasteiger partial charge on any atom is -0.351 e. The average Bonchev–Trinajstić information content (AvgIpc) is 3.07. The van der Waals surface area contributed by atoms with Gasteiger partial charge in [0.05, 0.1) is 22.5 Å². The van der Waals surface area contributed by atoms with Crippen molar-refractivity contribution in [2.75, 3.05) is 24.2 Å². The third-order valence-corrected chi connectivity index (χ3v) is 6.83. The van der Waals surface area contributed by atoms with Crippen LogP contribution in [0.1, 0.15) is 22.6 Å². The summed E-state index contributed by atoms with van der Waals surface area (Å²) in [5.41, 5.74) is 0.945. The van der Waals surface area contributed by atoms with E-state index in [0.29, 0.717) is 18.7 Å². The molecule has 3 aliphatic rings. The van der Waals surface area contributed by atoms with Crippen molar-refractivity contribution in [3.63, 3.8) is 0 Å². The van der Waals surface area contributed by atoms with Crippen LogP contribution < -0.4 is 4.90 Å². The van der Waals surface area contributed by atoms with Crippen LogP contribution in [0.15, 0.2) is 41.3 Å². The van der Waals surface area contributed by atoms with Gasteiger partial charge in [-0.2, -0.15) is 4.52 Å². The zero-order chi connectivity index (χ0) is 20.3. The molecule has 3 aromatic rings. The minimum absolute atomic E-state index is 0.0355. The maximum Gasteiger partial charge on any atom is 0.255 e. The van der Waals surface area contributed by atoms with Gasteiger partial charge in [0, 0.05) is 19.3 Å². The van der Waals surface area contributed by atoms with Gasteiger partial charge in [0.2, 0.25) is 0 Å². The van der Waals surface area contributed by atoms with Crippen LogP contribution in [0.4, 0.5) is 5.82 Å². The Kier molecular flexibility index (Phi) is 3.89. The second-order valence-electron chi connectivity index (χ2n) is 7.64. The molecule has 2 unspecified atom stereocenters. The number of aromatic nitrogens is 4. The van der Waals surface area contributed by atoms with E-state index in [4.69, 9.17) is 0 Å². The molecule has 0 saturated carbocycles. The van der Waals surface area contributed by atoms with Gasteiger partial charge in [0.15, 0.2) is 21.3 Å². The van der Waals surface area contributed by atoms with Gasteiger partial charge >= 0.3 is 0 Å². The number of carbonyl (C=O) groups is 1. The van der Waals surface area contributed by atoms with Crippen LogP contribution in [0.3, 0.4) is 0 Å². The summed E-state index contributed by atoms with van der Waals surface area (Å²) in [7, 11) is -3.48. The predicted molar refractivity (Wildman–Crippen MR) is 106 cm³/mol. The maximum absolute atomic E-state index is 13.1. The van der Waals surface area contributed by atoms with Crippen LogP contribution in [0.25, 0.3) is 5.65 Å². The number of hydrogen-bond donors (Lipinski definition) is 0. The van der Waals surface area contributed by atoms with E-state index >= 15 is 0 Å². The summed E-state index contributed by atoms with van der Waals surface area (Å²) < 4.78 is 25.9.